The highest BCUT2D eigenvalue weighted by atomic mass is 35.5. The van der Waals surface area contributed by atoms with Gasteiger partial charge in [0, 0.05) is 18.0 Å². The van der Waals surface area contributed by atoms with Gasteiger partial charge in [0.15, 0.2) is 0 Å². The quantitative estimate of drug-likeness (QED) is 0.728. The van der Waals surface area contributed by atoms with Gasteiger partial charge in [-0.05, 0) is 55.2 Å². The molecule has 2 N–H and O–H groups in total. The summed E-state index contributed by atoms with van der Waals surface area (Å²) < 4.78 is 5.17. The number of halogens is 1. The molecule has 0 heterocycles. The Morgan fingerprint density at radius 3 is 2.32 bits per heavy atom. The predicted octanol–water partition coefficient (Wildman–Crippen LogP) is 4.27. The summed E-state index contributed by atoms with van der Waals surface area (Å²) in [4.78, 5) is 13.2. The second-order valence-corrected chi connectivity index (χ2v) is 8.44. The molecule has 0 radical (unpaired) electrons. The zero-order valence-electron chi connectivity index (χ0n) is 16.5. The Kier molecular flexibility index (Phi) is 6.31. The lowest BCUT2D eigenvalue weighted by Crippen LogP contribution is -2.49. The number of carbonyl (C=O) groups is 1. The van der Waals surface area contributed by atoms with E-state index in [2.05, 4.69) is 5.32 Å². The van der Waals surface area contributed by atoms with E-state index in [1.807, 2.05) is 48.5 Å². The minimum atomic E-state index is -1.04. The van der Waals surface area contributed by atoms with E-state index >= 15 is 0 Å². The maximum atomic E-state index is 13.2. The van der Waals surface area contributed by atoms with E-state index in [-0.39, 0.29) is 12.5 Å². The summed E-state index contributed by atoms with van der Waals surface area (Å²) in [6, 6.07) is 15.2. The third-order valence-corrected chi connectivity index (χ3v) is 5.91. The summed E-state index contributed by atoms with van der Waals surface area (Å²) in [5.41, 5.74) is 0.431. The van der Waals surface area contributed by atoms with Crippen molar-refractivity contribution in [2.24, 2.45) is 0 Å². The van der Waals surface area contributed by atoms with E-state index in [1.165, 1.54) is 0 Å². The Morgan fingerprint density at radius 1 is 1.14 bits per heavy atom. The number of hydrogen-bond donors (Lipinski definition) is 2. The van der Waals surface area contributed by atoms with Crippen LogP contribution in [0.2, 0.25) is 5.02 Å². The molecule has 28 heavy (non-hydrogen) atoms. The number of rotatable bonds is 7. The highest BCUT2D eigenvalue weighted by molar-refractivity contribution is 6.30. The van der Waals surface area contributed by atoms with Gasteiger partial charge in [0.2, 0.25) is 5.91 Å². The van der Waals surface area contributed by atoms with Gasteiger partial charge in [-0.1, -0.05) is 48.7 Å². The van der Waals surface area contributed by atoms with E-state index < -0.39 is 11.0 Å². The first-order valence-electron chi connectivity index (χ1n) is 9.74. The molecule has 1 fully saturated rings. The van der Waals surface area contributed by atoms with Crippen LogP contribution >= 0.6 is 11.6 Å². The molecule has 1 saturated carbocycles. The van der Waals surface area contributed by atoms with Crippen LogP contribution in [0.4, 0.5) is 0 Å². The molecule has 0 spiro atoms. The van der Waals surface area contributed by atoms with Crippen LogP contribution in [-0.4, -0.2) is 30.3 Å². The number of ether oxygens (including phenoxy) is 1. The minimum absolute atomic E-state index is 0.0117. The van der Waals surface area contributed by atoms with E-state index in [9.17, 15) is 9.90 Å². The Bertz CT molecular complexity index is 794. The van der Waals surface area contributed by atoms with Crippen LogP contribution in [0, 0.1) is 0 Å². The third kappa shape index (κ3) is 4.68. The van der Waals surface area contributed by atoms with E-state index in [1.54, 1.807) is 14.0 Å². The predicted molar refractivity (Wildman–Crippen MR) is 112 cm³/mol. The monoisotopic (exact) mass is 401 g/mol. The largest absolute Gasteiger partial charge is 0.497 e. The second-order valence-electron chi connectivity index (χ2n) is 8.00. The van der Waals surface area contributed by atoms with Crippen molar-refractivity contribution >= 4 is 17.5 Å². The van der Waals surface area contributed by atoms with Crippen LogP contribution in [0.15, 0.2) is 48.5 Å². The van der Waals surface area contributed by atoms with Gasteiger partial charge < -0.3 is 15.2 Å². The molecule has 1 aliphatic rings. The molecule has 0 unspecified atom stereocenters. The molecule has 5 heteroatoms. The Morgan fingerprint density at radius 2 is 1.75 bits per heavy atom. The fourth-order valence-electron chi connectivity index (χ4n) is 4.08. The highest BCUT2D eigenvalue weighted by Crippen LogP contribution is 2.41. The Balaban J connectivity index is 1.67. The van der Waals surface area contributed by atoms with Crippen molar-refractivity contribution in [3.8, 4) is 5.75 Å². The molecule has 1 atom stereocenters. The van der Waals surface area contributed by atoms with Gasteiger partial charge in [0.1, 0.15) is 5.75 Å². The lowest BCUT2D eigenvalue weighted by molar-refractivity contribution is -0.127. The molecule has 0 aliphatic heterocycles. The number of benzene rings is 2. The first kappa shape index (κ1) is 20.7. The molecule has 1 aliphatic carbocycles. The molecule has 1 amide bonds. The minimum Gasteiger partial charge on any atom is -0.497 e. The van der Waals surface area contributed by atoms with Crippen LogP contribution in [0.3, 0.4) is 0 Å². The maximum absolute atomic E-state index is 13.2. The van der Waals surface area contributed by atoms with Gasteiger partial charge in [0.25, 0.3) is 0 Å². The van der Waals surface area contributed by atoms with Gasteiger partial charge in [-0.25, -0.2) is 0 Å². The zero-order valence-corrected chi connectivity index (χ0v) is 17.3. The number of carbonyl (C=O) groups excluding carboxylic acids is 1. The molecule has 0 saturated heterocycles. The number of hydrogen-bond acceptors (Lipinski definition) is 3. The molecular weight excluding hydrogens is 374 g/mol. The maximum Gasteiger partial charge on any atom is 0.230 e. The molecule has 4 nitrogen and oxygen atoms in total. The molecular formula is C23H28ClNO3. The smallest absolute Gasteiger partial charge is 0.230 e. The topological polar surface area (TPSA) is 58.6 Å². The molecule has 3 rings (SSSR count). The van der Waals surface area contributed by atoms with Crippen molar-refractivity contribution < 1.29 is 14.6 Å². The summed E-state index contributed by atoms with van der Waals surface area (Å²) >= 11 is 6.02. The van der Waals surface area contributed by atoms with E-state index in [0.717, 1.165) is 42.6 Å². The highest BCUT2D eigenvalue weighted by Gasteiger charge is 2.43. The number of aliphatic hydroxyl groups is 1. The molecule has 2 aromatic rings. The van der Waals surface area contributed by atoms with Gasteiger partial charge in [-0.2, -0.15) is 0 Å². The summed E-state index contributed by atoms with van der Waals surface area (Å²) in [5, 5.41) is 14.5. The lowest BCUT2D eigenvalue weighted by Gasteiger charge is -2.31. The Labute approximate surface area is 171 Å². The average molecular weight is 402 g/mol. The lowest BCUT2D eigenvalue weighted by atomic mass is 9.78. The average Bonchev–Trinajstić information content (AvgIpc) is 3.18. The summed E-state index contributed by atoms with van der Waals surface area (Å²) in [6.07, 6.45) is 4.14. The zero-order chi connectivity index (χ0) is 20.2. The summed E-state index contributed by atoms with van der Waals surface area (Å²) in [7, 11) is 1.63. The van der Waals surface area contributed by atoms with Crippen molar-refractivity contribution in [1.29, 1.82) is 0 Å². The molecule has 0 bridgehead atoms. The second kappa shape index (κ2) is 8.54. The fraction of sp³-hybridized carbons (Fsp3) is 0.435. The van der Waals surface area contributed by atoms with E-state index in [4.69, 9.17) is 16.3 Å². The fourth-order valence-corrected chi connectivity index (χ4v) is 4.21. The van der Waals surface area contributed by atoms with Crippen LogP contribution < -0.4 is 10.1 Å². The van der Waals surface area contributed by atoms with Gasteiger partial charge >= 0.3 is 0 Å². The van der Waals surface area contributed by atoms with E-state index in [0.29, 0.717) is 11.4 Å². The summed E-state index contributed by atoms with van der Waals surface area (Å²) in [6.45, 7) is 1.95. The summed E-state index contributed by atoms with van der Waals surface area (Å²) in [5.74, 6) is 0.769. The van der Waals surface area contributed by atoms with Crippen LogP contribution in [0.25, 0.3) is 0 Å². The van der Waals surface area contributed by atoms with Crippen molar-refractivity contribution in [3.63, 3.8) is 0 Å². The van der Waals surface area contributed by atoms with Gasteiger partial charge in [0.05, 0.1) is 18.1 Å². The van der Waals surface area contributed by atoms with Gasteiger partial charge in [-0.3, -0.25) is 4.79 Å². The first-order chi connectivity index (χ1) is 13.3. The molecule has 150 valence electrons. The SMILES string of the molecule is COc1ccc(C[C@@](C)(O)CNC(=O)C2(c3ccc(Cl)cc3)CCCC2)cc1. The normalized spacial score (nSPS) is 17.7. The number of amides is 1. The standard InChI is InChI=1S/C23H28ClNO3/c1-22(27,15-17-5-11-20(28-2)12-6-17)16-25-21(26)23(13-3-4-14-23)18-7-9-19(24)10-8-18/h5-12,27H,3-4,13-16H2,1-2H3,(H,25,26)/t22-/m1/s1. The number of methoxy groups -OCH3 is 1. The number of nitrogens with one attached hydrogen (secondary N) is 1. The third-order valence-electron chi connectivity index (χ3n) is 5.66. The van der Waals surface area contributed by atoms with Crippen molar-refractivity contribution in [2.75, 3.05) is 13.7 Å². The molecule has 0 aromatic heterocycles. The van der Waals surface area contributed by atoms with Gasteiger partial charge in [-0.15, -0.1) is 0 Å². The first-order valence-corrected chi connectivity index (χ1v) is 10.1. The molecule has 2 aromatic carbocycles. The Hall–Kier alpha value is -2.04. The van der Waals surface area contributed by atoms with Crippen LogP contribution in [0.1, 0.15) is 43.7 Å². The van der Waals surface area contributed by atoms with Crippen molar-refractivity contribution in [1.82, 2.24) is 5.32 Å². The van der Waals surface area contributed by atoms with Crippen molar-refractivity contribution in [3.05, 3.63) is 64.7 Å². The van der Waals surface area contributed by atoms with Crippen LogP contribution in [0.5, 0.6) is 5.75 Å². The van der Waals surface area contributed by atoms with Crippen LogP contribution in [-0.2, 0) is 16.6 Å². The van der Waals surface area contributed by atoms with Crippen molar-refractivity contribution in [2.45, 2.75) is 50.0 Å².